The summed E-state index contributed by atoms with van der Waals surface area (Å²) in [6, 6.07) is 8.74. The lowest BCUT2D eigenvalue weighted by Gasteiger charge is -2.10. The molecule has 0 bridgehead atoms. The number of para-hydroxylation sites is 1. The number of carbonyl (C=O) groups is 2. The van der Waals surface area contributed by atoms with Gasteiger partial charge in [-0.05, 0) is 12.1 Å². The van der Waals surface area contributed by atoms with Crippen molar-refractivity contribution < 1.29 is 19.2 Å². The minimum Gasteiger partial charge on any atom is -0.451 e. The fourth-order valence-corrected chi connectivity index (χ4v) is 1.29. The highest BCUT2D eigenvalue weighted by Crippen LogP contribution is 2.18. The summed E-state index contributed by atoms with van der Waals surface area (Å²) in [6.07, 6.45) is 1.10. The molecule has 1 aromatic rings. The van der Waals surface area contributed by atoms with E-state index in [-0.39, 0.29) is 5.76 Å². The highest BCUT2D eigenvalue weighted by Gasteiger charge is 2.33. The molecule has 5 heteroatoms. The Kier molecular flexibility index (Phi) is 2.70. The van der Waals surface area contributed by atoms with Gasteiger partial charge >= 0.3 is 5.91 Å². The van der Waals surface area contributed by atoms with E-state index in [0.717, 1.165) is 6.08 Å². The molecule has 16 heavy (non-hydrogen) atoms. The third kappa shape index (κ3) is 1.80. The number of nitrogens with zero attached hydrogens (tertiary/aromatic N) is 1. The summed E-state index contributed by atoms with van der Waals surface area (Å²) in [7, 11) is 1.25. The molecule has 82 valence electrons. The minimum absolute atomic E-state index is 0.0435. The molecule has 1 aromatic carbocycles. The molecule has 1 aliphatic heterocycles. The second-order valence-electron chi connectivity index (χ2n) is 3.04. The van der Waals surface area contributed by atoms with Gasteiger partial charge in [-0.3, -0.25) is 14.4 Å². The third-order valence-electron chi connectivity index (χ3n) is 2.00. The summed E-state index contributed by atoms with van der Waals surface area (Å²) in [4.78, 5) is 27.4. The fraction of sp³-hybridized carbons (Fsp3) is 0.0909. The molecule has 2 rings (SSSR count). The first kappa shape index (κ1) is 10.4. The SMILES string of the molecule is CON1C(=O)C=C(Oc2ccccc2)C1=O. The monoisotopic (exact) mass is 219 g/mol. The predicted molar refractivity (Wildman–Crippen MR) is 54.0 cm³/mol. The van der Waals surface area contributed by atoms with Gasteiger partial charge in [0, 0.05) is 0 Å². The highest BCUT2D eigenvalue weighted by atomic mass is 16.7. The number of ether oxygens (including phenoxy) is 1. The molecule has 0 radical (unpaired) electrons. The van der Waals surface area contributed by atoms with Crippen molar-refractivity contribution in [3.05, 3.63) is 42.2 Å². The third-order valence-corrected chi connectivity index (χ3v) is 2.00. The van der Waals surface area contributed by atoms with Crippen LogP contribution in [0.2, 0.25) is 0 Å². The van der Waals surface area contributed by atoms with Crippen LogP contribution in [-0.4, -0.2) is 24.0 Å². The average Bonchev–Trinajstić information content (AvgIpc) is 2.55. The Morgan fingerprint density at radius 2 is 1.81 bits per heavy atom. The summed E-state index contributed by atoms with van der Waals surface area (Å²) in [5.41, 5.74) is 0. The minimum atomic E-state index is -0.601. The Bertz CT molecular complexity index is 452. The van der Waals surface area contributed by atoms with Crippen molar-refractivity contribution in [2.24, 2.45) is 0 Å². The first-order chi connectivity index (χ1) is 7.72. The number of rotatable bonds is 3. The van der Waals surface area contributed by atoms with Crippen LogP contribution >= 0.6 is 0 Å². The lowest BCUT2D eigenvalue weighted by Crippen LogP contribution is -2.30. The molecular weight excluding hydrogens is 210 g/mol. The van der Waals surface area contributed by atoms with Crippen molar-refractivity contribution in [1.29, 1.82) is 0 Å². The molecule has 1 aliphatic rings. The lowest BCUT2D eigenvalue weighted by molar-refractivity contribution is -0.178. The first-order valence-electron chi connectivity index (χ1n) is 4.59. The normalized spacial score (nSPS) is 15.3. The van der Waals surface area contributed by atoms with Crippen molar-refractivity contribution in [2.45, 2.75) is 0 Å². The van der Waals surface area contributed by atoms with Crippen molar-refractivity contribution >= 4 is 11.8 Å². The molecule has 0 saturated heterocycles. The Labute approximate surface area is 91.8 Å². The fourth-order valence-electron chi connectivity index (χ4n) is 1.29. The second-order valence-corrected chi connectivity index (χ2v) is 3.04. The highest BCUT2D eigenvalue weighted by molar-refractivity contribution is 6.14. The van der Waals surface area contributed by atoms with Gasteiger partial charge in [-0.1, -0.05) is 18.2 Å². The Morgan fingerprint density at radius 3 is 2.38 bits per heavy atom. The Hall–Kier alpha value is -2.14. The van der Waals surface area contributed by atoms with Crippen molar-refractivity contribution in [3.8, 4) is 5.75 Å². The molecule has 0 unspecified atom stereocenters. The van der Waals surface area contributed by atoms with Gasteiger partial charge in [-0.25, -0.2) is 0 Å². The van der Waals surface area contributed by atoms with E-state index in [2.05, 4.69) is 4.84 Å². The van der Waals surface area contributed by atoms with Gasteiger partial charge in [-0.15, -0.1) is 5.06 Å². The lowest BCUT2D eigenvalue weighted by atomic mass is 10.3. The van der Waals surface area contributed by atoms with E-state index in [1.165, 1.54) is 7.11 Å². The number of imide groups is 1. The zero-order chi connectivity index (χ0) is 11.5. The zero-order valence-electron chi connectivity index (χ0n) is 8.54. The van der Waals surface area contributed by atoms with Gasteiger partial charge < -0.3 is 4.74 Å². The molecule has 0 atom stereocenters. The van der Waals surface area contributed by atoms with Crippen LogP contribution in [0.25, 0.3) is 0 Å². The summed E-state index contributed by atoms with van der Waals surface area (Å²) in [5.74, 6) is -0.694. The zero-order valence-corrected chi connectivity index (χ0v) is 8.54. The van der Waals surface area contributed by atoms with Crippen molar-refractivity contribution in [2.75, 3.05) is 7.11 Å². The summed E-state index contributed by atoms with van der Waals surface area (Å²) < 4.78 is 5.26. The largest absolute Gasteiger partial charge is 0.451 e. The van der Waals surface area contributed by atoms with E-state index in [1.54, 1.807) is 24.3 Å². The van der Waals surface area contributed by atoms with Crippen LogP contribution < -0.4 is 4.74 Å². The Balaban J connectivity index is 2.16. The molecule has 0 spiro atoms. The van der Waals surface area contributed by atoms with E-state index in [4.69, 9.17) is 4.74 Å². The average molecular weight is 219 g/mol. The van der Waals surface area contributed by atoms with Crippen LogP contribution in [-0.2, 0) is 14.4 Å². The Morgan fingerprint density at radius 1 is 1.12 bits per heavy atom. The number of benzene rings is 1. The van der Waals surface area contributed by atoms with E-state index in [9.17, 15) is 9.59 Å². The van der Waals surface area contributed by atoms with Crippen LogP contribution in [0.4, 0.5) is 0 Å². The van der Waals surface area contributed by atoms with E-state index >= 15 is 0 Å². The van der Waals surface area contributed by atoms with Gasteiger partial charge in [0.15, 0.2) is 5.76 Å². The second kappa shape index (κ2) is 4.16. The molecule has 0 N–H and O–H groups in total. The molecule has 2 amide bonds. The molecule has 0 saturated carbocycles. The summed E-state index contributed by atoms with van der Waals surface area (Å²) in [6.45, 7) is 0. The van der Waals surface area contributed by atoms with E-state index in [1.807, 2.05) is 6.07 Å². The van der Waals surface area contributed by atoms with E-state index in [0.29, 0.717) is 10.8 Å². The van der Waals surface area contributed by atoms with Crippen LogP contribution in [0.1, 0.15) is 0 Å². The van der Waals surface area contributed by atoms with Crippen molar-refractivity contribution in [1.82, 2.24) is 5.06 Å². The van der Waals surface area contributed by atoms with Crippen LogP contribution in [0.3, 0.4) is 0 Å². The molecule has 0 aliphatic carbocycles. The van der Waals surface area contributed by atoms with E-state index < -0.39 is 11.8 Å². The molecule has 0 aromatic heterocycles. The summed E-state index contributed by atoms with van der Waals surface area (Å²) >= 11 is 0. The summed E-state index contributed by atoms with van der Waals surface area (Å²) in [5, 5.41) is 0.637. The van der Waals surface area contributed by atoms with Crippen molar-refractivity contribution in [3.63, 3.8) is 0 Å². The molecule has 5 nitrogen and oxygen atoms in total. The molecule has 1 heterocycles. The van der Waals surface area contributed by atoms with Gasteiger partial charge in [0.2, 0.25) is 0 Å². The maximum absolute atomic E-state index is 11.5. The van der Waals surface area contributed by atoms with Gasteiger partial charge in [0.05, 0.1) is 13.2 Å². The number of hydroxylamine groups is 2. The van der Waals surface area contributed by atoms with Crippen LogP contribution in [0.15, 0.2) is 42.2 Å². The van der Waals surface area contributed by atoms with Gasteiger partial charge in [-0.2, -0.15) is 0 Å². The van der Waals surface area contributed by atoms with Gasteiger partial charge in [0.25, 0.3) is 5.91 Å². The maximum atomic E-state index is 11.5. The number of hydrogen-bond donors (Lipinski definition) is 0. The van der Waals surface area contributed by atoms with Crippen LogP contribution in [0, 0.1) is 0 Å². The predicted octanol–water partition coefficient (Wildman–Crippen LogP) is 0.879. The molecule has 0 fully saturated rings. The first-order valence-corrected chi connectivity index (χ1v) is 4.59. The molecular formula is C11H9NO4. The van der Waals surface area contributed by atoms with Crippen LogP contribution in [0.5, 0.6) is 5.75 Å². The topological polar surface area (TPSA) is 55.8 Å². The number of amides is 2. The smallest absolute Gasteiger partial charge is 0.320 e. The number of carbonyl (C=O) groups excluding carboxylic acids is 2. The van der Waals surface area contributed by atoms with Gasteiger partial charge in [0.1, 0.15) is 5.75 Å². The maximum Gasteiger partial charge on any atom is 0.320 e. The quantitative estimate of drug-likeness (QED) is 0.708. The number of hydrogen-bond acceptors (Lipinski definition) is 4. The standard InChI is InChI=1S/C11H9NO4/c1-15-12-10(13)7-9(11(12)14)16-8-5-3-2-4-6-8/h2-7H,1H3.